The molecular formula is C14H18F2N2OS. The van der Waals surface area contributed by atoms with E-state index in [2.05, 4.69) is 15.4 Å². The average molecular weight is 300 g/mol. The fourth-order valence-corrected chi connectivity index (χ4v) is 2.60. The van der Waals surface area contributed by atoms with Gasteiger partial charge in [-0.1, -0.05) is 19.3 Å². The lowest BCUT2D eigenvalue weighted by molar-refractivity contribution is -0.0498. The molecule has 0 unspecified atom stereocenters. The van der Waals surface area contributed by atoms with E-state index < -0.39 is 6.61 Å². The molecule has 0 amide bonds. The molecule has 1 saturated carbocycles. The Labute approximate surface area is 122 Å². The second-order valence-electron chi connectivity index (χ2n) is 4.84. The van der Waals surface area contributed by atoms with Crippen LogP contribution in [0, 0.1) is 0 Å². The zero-order valence-corrected chi connectivity index (χ0v) is 11.9. The van der Waals surface area contributed by atoms with Crippen molar-refractivity contribution >= 4 is 23.0 Å². The van der Waals surface area contributed by atoms with Crippen LogP contribution in [-0.4, -0.2) is 17.8 Å². The highest BCUT2D eigenvalue weighted by atomic mass is 32.1. The molecule has 2 N–H and O–H groups in total. The zero-order chi connectivity index (χ0) is 14.4. The van der Waals surface area contributed by atoms with Crippen LogP contribution in [0.25, 0.3) is 0 Å². The summed E-state index contributed by atoms with van der Waals surface area (Å²) in [6.07, 6.45) is 6.05. The maximum Gasteiger partial charge on any atom is 0.387 e. The van der Waals surface area contributed by atoms with Gasteiger partial charge in [0.2, 0.25) is 0 Å². The van der Waals surface area contributed by atoms with Crippen LogP contribution in [-0.2, 0) is 0 Å². The van der Waals surface area contributed by atoms with E-state index >= 15 is 0 Å². The van der Waals surface area contributed by atoms with Crippen LogP contribution in [0.2, 0.25) is 0 Å². The Morgan fingerprint density at radius 2 is 1.80 bits per heavy atom. The van der Waals surface area contributed by atoms with Gasteiger partial charge in [0.05, 0.1) is 0 Å². The first-order valence-electron chi connectivity index (χ1n) is 6.76. The standard InChI is InChI=1S/C14H18F2N2OS/c15-13(16)19-12-8-6-11(7-9-12)18-14(20)17-10-4-2-1-3-5-10/h6-10,13H,1-5H2,(H2,17,18,20). The summed E-state index contributed by atoms with van der Waals surface area (Å²) < 4.78 is 28.3. The second-order valence-corrected chi connectivity index (χ2v) is 5.24. The summed E-state index contributed by atoms with van der Waals surface area (Å²) in [7, 11) is 0. The summed E-state index contributed by atoms with van der Waals surface area (Å²) in [5.41, 5.74) is 0.750. The lowest BCUT2D eigenvalue weighted by atomic mass is 9.96. The van der Waals surface area contributed by atoms with Gasteiger partial charge in [-0.15, -0.1) is 0 Å². The SMILES string of the molecule is FC(F)Oc1ccc(NC(=S)NC2CCCCC2)cc1. The van der Waals surface area contributed by atoms with Crippen molar-refractivity contribution in [2.45, 2.75) is 44.8 Å². The van der Waals surface area contributed by atoms with Gasteiger partial charge in [0.25, 0.3) is 0 Å². The second kappa shape index (κ2) is 7.38. The van der Waals surface area contributed by atoms with Gasteiger partial charge in [-0.25, -0.2) is 0 Å². The third-order valence-electron chi connectivity index (χ3n) is 3.28. The van der Waals surface area contributed by atoms with E-state index in [0.29, 0.717) is 11.2 Å². The molecular weight excluding hydrogens is 282 g/mol. The topological polar surface area (TPSA) is 33.3 Å². The number of benzene rings is 1. The minimum absolute atomic E-state index is 0.136. The molecule has 1 aliphatic rings. The van der Waals surface area contributed by atoms with E-state index in [1.807, 2.05) is 0 Å². The van der Waals surface area contributed by atoms with Crippen molar-refractivity contribution in [1.29, 1.82) is 0 Å². The lowest BCUT2D eigenvalue weighted by Crippen LogP contribution is -2.38. The predicted molar refractivity (Wildman–Crippen MR) is 79.3 cm³/mol. The minimum atomic E-state index is -2.80. The van der Waals surface area contributed by atoms with Gasteiger partial charge in [0.1, 0.15) is 5.75 Å². The third-order valence-corrected chi connectivity index (χ3v) is 3.50. The Hall–Kier alpha value is -1.43. The van der Waals surface area contributed by atoms with Crippen molar-refractivity contribution < 1.29 is 13.5 Å². The molecule has 110 valence electrons. The fraction of sp³-hybridized carbons (Fsp3) is 0.500. The molecule has 0 aliphatic heterocycles. The molecule has 20 heavy (non-hydrogen) atoms. The first kappa shape index (κ1) is 15.0. The van der Waals surface area contributed by atoms with Gasteiger partial charge in [-0.05, 0) is 49.3 Å². The van der Waals surface area contributed by atoms with E-state index in [1.165, 1.54) is 31.4 Å². The van der Waals surface area contributed by atoms with E-state index in [1.54, 1.807) is 12.1 Å². The number of hydrogen-bond donors (Lipinski definition) is 2. The fourth-order valence-electron chi connectivity index (χ4n) is 2.32. The van der Waals surface area contributed by atoms with Crippen LogP contribution < -0.4 is 15.4 Å². The van der Waals surface area contributed by atoms with Crippen molar-refractivity contribution in [3.8, 4) is 5.75 Å². The number of anilines is 1. The molecule has 1 aromatic rings. The number of nitrogens with one attached hydrogen (secondary N) is 2. The summed E-state index contributed by atoms with van der Waals surface area (Å²) in [6.45, 7) is -2.80. The molecule has 6 heteroatoms. The first-order chi connectivity index (χ1) is 9.63. The van der Waals surface area contributed by atoms with Gasteiger partial charge in [0, 0.05) is 11.7 Å². The molecule has 3 nitrogen and oxygen atoms in total. The summed E-state index contributed by atoms with van der Waals surface area (Å²) in [5, 5.41) is 6.90. The molecule has 1 aromatic carbocycles. The summed E-state index contributed by atoms with van der Waals surface area (Å²) in [5.74, 6) is 0.136. The number of halogens is 2. The van der Waals surface area contributed by atoms with Crippen LogP contribution >= 0.6 is 12.2 Å². The number of hydrogen-bond acceptors (Lipinski definition) is 2. The quantitative estimate of drug-likeness (QED) is 0.826. The number of ether oxygens (including phenoxy) is 1. The van der Waals surface area contributed by atoms with Crippen LogP contribution in [0.3, 0.4) is 0 Å². The Balaban J connectivity index is 1.81. The average Bonchev–Trinajstić information content (AvgIpc) is 2.41. The summed E-state index contributed by atoms with van der Waals surface area (Å²) in [4.78, 5) is 0. The highest BCUT2D eigenvalue weighted by molar-refractivity contribution is 7.80. The summed E-state index contributed by atoms with van der Waals surface area (Å²) in [6, 6.07) is 6.72. The van der Waals surface area contributed by atoms with Gasteiger partial charge >= 0.3 is 6.61 Å². The monoisotopic (exact) mass is 300 g/mol. The highest BCUT2D eigenvalue weighted by Gasteiger charge is 2.13. The van der Waals surface area contributed by atoms with Crippen LogP contribution in [0.5, 0.6) is 5.75 Å². The first-order valence-corrected chi connectivity index (χ1v) is 7.17. The minimum Gasteiger partial charge on any atom is -0.435 e. The maximum absolute atomic E-state index is 12.0. The smallest absolute Gasteiger partial charge is 0.387 e. The van der Waals surface area contributed by atoms with Crippen LogP contribution in [0.4, 0.5) is 14.5 Å². The Morgan fingerprint density at radius 1 is 1.15 bits per heavy atom. The molecule has 0 saturated heterocycles. The van der Waals surface area contributed by atoms with Crippen molar-refractivity contribution in [3.05, 3.63) is 24.3 Å². The Bertz CT molecular complexity index is 433. The van der Waals surface area contributed by atoms with Crippen LogP contribution in [0.15, 0.2) is 24.3 Å². The molecule has 2 rings (SSSR count). The predicted octanol–water partition coefficient (Wildman–Crippen LogP) is 3.91. The van der Waals surface area contributed by atoms with Crippen molar-refractivity contribution in [2.75, 3.05) is 5.32 Å². The summed E-state index contributed by atoms with van der Waals surface area (Å²) >= 11 is 5.25. The largest absolute Gasteiger partial charge is 0.435 e. The number of rotatable bonds is 4. The van der Waals surface area contributed by atoms with Gasteiger partial charge < -0.3 is 15.4 Å². The van der Waals surface area contributed by atoms with Crippen molar-refractivity contribution in [1.82, 2.24) is 5.32 Å². The van der Waals surface area contributed by atoms with E-state index in [4.69, 9.17) is 12.2 Å². The normalized spacial score (nSPS) is 15.9. The molecule has 0 atom stereocenters. The molecule has 0 heterocycles. The van der Waals surface area contributed by atoms with Gasteiger partial charge in [-0.3, -0.25) is 0 Å². The highest BCUT2D eigenvalue weighted by Crippen LogP contribution is 2.19. The van der Waals surface area contributed by atoms with Gasteiger partial charge in [0.15, 0.2) is 5.11 Å². The number of alkyl halides is 2. The molecule has 1 fully saturated rings. The van der Waals surface area contributed by atoms with E-state index in [9.17, 15) is 8.78 Å². The molecule has 0 radical (unpaired) electrons. The third kappa shape index (κ3) is 4.92. The van der Waals surface area contributed by atoms with Gasteiger partial charge in [-0.2, -0.15) is 8.78 Å². The van der Waals surface area contributed by atoms with E-state index in [-0.39, 0.29) is 5.75 Å². The van der Waals surface area contributed by atoms with E-state index in [0.717, 1.165) is 18.5 Å². The molecule has 0 aromatic heterocycles. The Morgan fingerprint density at radius 3 is 2.40 bits per heavy atom. The number of thiocarbonyl (C=S) groups is 1. The van der Waals surface area contributed by atoms with Crippen molar-refractivity contribution in [3.63, 3.8) is 0 Å². The lowest BCUT2D eigenvalue weighted by Gasteiger charge is -2.24. The molecule has 0 spiro atoms. The van der Waals surface area contributed by atoms with Crippen molar-refractivity contribution in [2.24, 2.45) is 0 Å². The zero-order valence-electron chi connectivity index (χ0n) is 11.1. The Kier molecular flexibility index (Phi) is 5.52. The molecule has 1 aliphatic carbocycles. The van der Waals surface area contributed by atoms with Crippen LogP contribution in [0.1, 0.15) is 32.1 Å². The molecule has 0 bridgehead atoms. The maximum atomic E-state index is 12.0.